The first-order chi connectivity index (χ1) is 0. The molecule has 0 bridgehead atoms. The van der Waals surface area contributed by atoms with Crippen LogP contribution in [0.1, 0.15) is 7.43 Å². The van der Waals surface area contributed by atoms with Gasteiger partial charge in [0.15, 0.2) is 0 Å². The van der Waals surface area contributed by atoms with E-state index in [1.54, 1.807) is 0 Å². The Morgan fingerprint density at radius 2 is 1.00 bits per heavy atom. The fourth-order valence-electron chi connectivity index (χ4n) is 0. The normalized spacial score (nSPS) is 0. The number of hydrogen-bond donors (Lipinski definition) is 0. The summed E-state index contributed by atoms with van der Waals surface area (Å²) in [5.41, 5.74) is 0. The topological polar surface area (TPSA) is 0 Å². The largest absolute Gasteiger partial charge is 0.0776 e. The van der Waals surface area contributed by atoms with Crippen LogP contribution in [-0.2, 0) is 59.6 Å². The van der Waals surface area contributed by atoms with Crippen molar-refractivity contribution >= 4 is 0 Å². The smallest absolute Gasteiger partial charge is 0 e. The van der Waals surface area contributed by atoms with Crippen molar-refractivity contribution in [3.63, 3.8) is 0 Å². The van der Waals surface area contributed by atoms with Crippen LogP contribution in [0.3, 0.4) is 0 Å². The predicted octanol–water partition coefficient (Wildman–Crippen LogP) is 0.629. The van der Waals surface area contributed by atoms with Gasteiger partial charge in [-0.25, -0.2) is 0 Å². The van der Waals surface area contributed by atoms with Gasteiger partial charge >= 0.3 is 0 Å². The molecule has 0 N–H and O–H groups in total. The molecule has 0 saturated carbocycles. The van der Waals surface area contributed by atoms with Crippen LogP contribution < -0.4 is 0 Å². The maximum atomic E-state index is 0. The van der Waals surface area contributed by atoms with Gasteiger partial charge in [-0.3, -0.25) is 0 Å². The molecule has 0 amide bonds. The molecule has 3 heteroatoms. The van der Waals surface area contributed by atoms with Gasteiger partial charge in [-0.2, -0.15) is 0 Å². The van der Waals surface area contributed by atoms with Crippen molar-refractivity contribution in [3.8, 4) is 0 Å². The average Bonchev–Trinajstić information content (AvgIpc) is 0. The molecule has 31 valence electrons. The molecule has 0 rings (SSSR count). The van der Waals surface area contributed by atoms with Gasteiger partial charge in [-0.1, -0.05) is 7.43 Å². The molecule has 0 unspecified atom stereocenters. The van der Waals surface area contributed by atoms with Crippen LogP contribution in [0.2, 0.25) is 0 Å². The van der Waals surface area contributed by atoms with Crippen LogP contribution in [0.15, 0.2) is 0 Å². The standard InChI is InChI=1S/CH4.Co.Pt.Ti/h1H4;;;. The Balaban J connectivity index is 0. The summed E-state index contributed by atoms with van der Waals surface area (Å²) in [6, 6.07) is 0. The van der Waals surface area contributed by atoms with Crippen molar-refractivity contribution in [2.45, 2.75) is 7.43 Å². The van der Waals surface area contributed by atoms with E-state index in [0.29, 0.717) is 0 Å². The molecule has 0 nitrogen and oxygen atoms in total. The summed E-state index contributed by atoms with van der Waals surface area (Å²) < 4.78 is 0. The van der Waals surface area contributed by atoms with E-state index in [-0.39, 0.29) is 67.0 Å². The molecule has 0 aromatic heterocycles. The van der Waals surface area contributed by atoms with Crippen LogP contribution in [0, 0.1) is 0 Å². The van der Waals surface area contributed by atoms with Gasteiger partial charge in [0.1, 0.15) is 0 Å². The molecule has 0 aliphatic carbocycles. The SMILES string of the molecule is C.[Co].[Pt].[Ti]. The molecular formula is CH4CoPtTi. The summed E-state index contributed by atoms with van der Waals surface area (Å²) in [4.78, 5) is 0. The van der Waals surface area contributed by atoms with Crippen LogP contribution in [0.25, 0.3) is 0 Å². The van der Waals surface area contributed by atoms with E-state index in [2.05, 4.69) is 0 Å². The van der Waals surface area contributed by atoms with Gasteiger partial charge in [0.05, 0.1) is 0 Å². The molecule has 0 aliphatic rings. The van der Waals surface area contributed by atoms with Crippen LogP contribution in [0.5, 0.6) is 0 Å². The van der Waals surface area contributed by atoms with Gasteiger partial charge in [0.2, 0.25) is 0 Å². The first-order valence-corrected chi connectivity index (χ1v) is 0. The molecule has 0 aromatic carbocycles. The molecule has 1 radical (unpaired) electrons. The second kappa shape index (κ2) is 20.6. The Morgan fingerprint density at radius 1 is 1.00 bits per heavy atom. The summed E-state index contributed by atoms with van der Waals surface area (Å²) in [5.74, 6) is 0. The Labute approximate surface area is 66.5 Å². The fraction of sp³-hybridized carbons (Fsp3) is 1.00. The average molecular weight is 318 g/mol. The minimum atomic E-state index is 0. The van der Waals surface area contributed by atoms with E-state index in [0.717, 1.165) is 0 Å². The minimum Gasteiger partial charge on any atom is -0.0776 e. The molecule has 0 aromatic rings. The Bertz CT molecular complexity index is 8.00. The quantitative estimate of drug-likeness (QED) is 0.575. The van der Waals surface area contributed by atoms with Gasteiger partial charge in [0.25, 0.3) is 0 Å². The van der Waals surface area contributed by atoms with E-state index in [4.69, 9.17) is 0 Å². The third-order valence-electron chi connectivity index (χ3n) is 0. The summed E-state index contributed by atoms with van der Waals surface area (Å²) in [6.07, 6.45) is 0. The van der Waals surface area contributed by atoms with Crippen molar-refractivity contribution in [2.75, 3.05) is 0 Å². The van der Waals surface area contributed by atoms with Gasteiger partial charge in [-0.05, 0) is 0 Å². The van der Waals surface area contributed by atoms with E-state index in [1.165, 1.54) is 0 Å². The van der Waals surface area contributed by atoms with Gasteiger partial charge in [-0.15, -0.1) is 0 Å². The summed E-state index contributed by atoms with van der Waals surface area (Å²) in [7, 11) is 0. The van der Waals surface area contributed by atoms with E-state index in [9.17, 15) is 0 Å². The first kappa shape index (κ1) is 39.1. The predicted molar refractivity (Wildman–Crippen MR) is 6.73 cm³/mol. The molecular weight excluding hydrogens is 314 g/mol. The summed E-state index contributed by atoms with van der Waals surface area (Å²) in [5, 5.41) is 0. The number of rotatable bonds is 0. The van der Waals surface area contributed by atoms with E-state index in [1.807, 2.05) is 0 Å². The molecule has 0 atom stereocenters. The van der Waals surface area contributed by atoms with Crippen LogP contribution in [-0.4, -0.2) is 0 Å². The Kier molecular flexibility index (Phi) is 201. The van der Waals surface area contributed by atoms with Crippen LogP contribution >= 0.6 is 0 Å². The van der Waals surface area contributed by atoms with E-state index < -0.39 is 0 Å². The maximum Gasteiger partial charge on any atom is 0 e. The van der Waals surface area contributed by atoms with Crippen molar-refractivity contribution in [2.24, 2.45) is 0 Å². The molecule has 0 spiro atoms. The third kappa shape index (κ3) is 9.08. The zero-order chi connectivity index (χ0) is 0. The van der Waals surface area contributed by atoms with Crippen molar-refractivity contribution in [1.29, 1.82) is 0 Å². The fourth-order valence-corrected chi connectivity index (χ4v) is 0. The molecule has 0 aliphatic heterocycles. The van der Waals surface area contributed by atoms with Gasteiger partial charge in [0, 0.05) is 59.6 Å². The van der Waals surface area contributed by atoms with Crippen molar-refractivity contribution < 1.29 is 59.6 Å². The zero-order valence-corrected chi connectivity index (χ0v) is 6.02. The minimum absolute atomic E-state index is 0. The number of hydrogen-bond acceptors (Lipinski definition) is 0. The molecule has 0 saturated heterocycles. The second-order valence-corrected chi connectivity index (χ2v) is 0. The first-order valence-electron chi connectivity index (χ1n) is 0. The summed E-state index contributed by atoms with van der Waals surface area (Å²) >= 11 is 0. The van der Waals surface area contributed by atoms with Crippen molar-refractivity contribution in [1.82, 2.24) is 0 Å². The van der Waals surface area contributed by atoms with Gasteiger partial charge < -0.3 is 0 Å². The summed E-state index contributed by atoms with van der Waals surface area (Å²) in [6.45, 7) is 0. The molecule has 4 heavy (non-hydrogen) atoms. The van der Waals surface area contributed by atoms with Crippen molar-refractivity contribution in [3.05, 3.63) is 0 Å². The zero-order valence-electron chi connectivity index (χ0n) is 1.15. The van der Waals surface area contributed by atoms with E-state index >= 15 is 0 Å². The second-order valence-electron chi connectivity index (χ2n) is 0. The molecule has 0 heterocycles. The Hall–Kier alpha value is 1.91. The van der Waals surface area contributed by atoms with Crippen LogP contribution in [0.4, 0.5) is 0 Å². The monoisotopic (exact) mass is 318 g/mol. The Morgan fingerprint density at radius 3 is 1.00 bits per heavy atom. The third-order valence-corrected chi connectivity index (χ3v) is 0. The molecule has 0 fully saturated rings. The maximum absolute atomic E-state index is 0.